The molecule has 1 aromatic carbocycles. The molecule has 1 aromatic rings. The van der Waals surface area contributed by atoms with Gasteiger partial charge in [0.25, 0.3) is 0 Å². The number of carbonyl (C=O) groups excluding carboxylic acids is 2. The highest BCUT2D eigenvalue weighted by Gasteiger charge is 2.26. The molecule has 0 unspecified atom stereocenters. The van der Waals surface area contributed by atoms with Crippen molar-refractivity contribution >= 4 is 18.0 Å². The van der Waals surface area contributed by atoms with Gasteiger partial charge in [-0.15, -0.1) is 0 Å². The minimum Gasteiger partial charge on any atom is -0.493 e. The Morgan fingerprint density at radius 1 is 1.09 bits per heavy atom. The molecule has 0 spiro atoms. The first-order valence-electron chi connectivity index (χ1n) is 7.03. The molecule has 1 aliphatic carbocycles. The Balaban J connectivity index is 2.03. The van der Waals surface area contributed by atoms with Gasteiger partial charge in [0.1, 0.15) is 0 Å². The van der Waals surface area contributed by atoms with Crippen LogP contribution in [0, 0.1) is 0 Å². The number of ether oxygens (including phenoxy) is 3. The quantitative estimate of drug-likeness (QED) is 0.450. The van der Waals surface area contributed by atoms with Gasteiger partial charge in [-0.3, -0.25) is 9.59 Å². The van der Waals surface area contributed by atoms with Crippen molar-refractivity contribution in [3.63, 3.8) is 0 Å². The largest absolute Gasteiger partial charge is 0.493 e. The first-order valence-corrected chi connectivity index (χ1v) is 7.03. The summed E-state index contributed by atoms with van der Waals surface area (Å²) in [4.78, 5) is 23.0. The highest BCUT2D eigenvalue weighted by molar-refractivity contribution is 6.35. The van der Waals surface area contributed by atoms with Gasteiger partial charge >= 0.3 is 11.8 Å². The lowest BCUT2D eigenvalue weighted by atomic mass is 10.2. The van der Waals surface area contributed by atoms with Gasteiger partial charge in [0.15, 0.2) is 11.5 Å². The van der Waals surface area contributed by atoms with Gasteiger partial charge in [-0.1, -0.05) is 0 Å². The number of hydrogen-bond acceptors (Lipinski definition) is 6. The van der Waals surface area contributed by atoms with Crippen molar-refractivity contribution in [1.82, 2.24) is 10.7 Å². The number of nitrogens with zero attached hydrogens (tertiary/aromatic N) is 1. The van der Waals surface area contributed by atoms with Crippen molar-refractivity contribution in [2.45, 2.75) is 18.9 Å². The predicted octanol–water partition coefficient (Wildman–Crippen LogP) is 0.441. The summed E-state index contributed by atoms with van der Waals surface area (Å²) in [5, 5.41) is 6.33. The van der Waals surface area contributed by atoms with Gasteiger partial charge in [-0.25, -0.2) is 5.43 Å². The number of benzene rings is 1. The van der Waals surface area contributed by atoms with Crippen molar-refractivity contribution in [2.75, 3.05) is 21.3 Å². The minimum absolute atomic E-state index is 0.118. The highest BCUT2D eigenvalue weighted by atomic mass is 16.5. The van der Waals surface area contributed by atoms with E-state index in [0.717, 1.165) is 12.8 Å². The molecule has 124 valence electrons. The van der Waals surface area contributed by atoms with Crippen LogP contribution in [0.3, 0.4) is 0 Å². The Morgan fingerprint density at radius 3 is 2.17 bits per heavy atom. The minimum atomic E-state index is -0.805. The fourth-order valence-electron chi connectivity index (χ4n) is 1.87. The fraction of sp³-hybridized carbons (Fsp3) is 0.400. The van der Waals surface area contributed by atoms with Crippen molar-refractivity contribution in [2.24, 2.45) is 5.10 Å². The average Bonchev–Trinajstić information content (AvgIpc) is 3.37. The molecule has 0 bridgehead atoms. The molecule has 23 heavy (non-hydrogen) atoms. The van der Waals surface area contributed by atoms with E-state index in [1.165, 1.54) is 27.5 Å². The molecule has 1 fully saturated rings. The summed E-state index contributed by atoms with van der Waals surface area (Å²) in [7, 11) is 4.51. The number of hydrogen-bond donors (Lipinski definition) is 2. The molecule has 2 rings (SSSR count). The van der Waals surface area contributed by atoms with E-state index in [1.54, 1.807) is 12.1 Å². The molecule has 0 saturated heterocycles. The molecule has 2 N–H and O–H groups in total. The topological polar surface area (TPSA) is 98.2 Å². The SMILES string of the molecule is COc1cc(/C=N\NC(=O)C(=O)NC2CC2)cc(OC)c1OC. The molecule has 0 atom stereocenters. The van der Waals surface area contributed by atoms with Crippen LogP contribution in [0.5, 0.6) is 17.2 Å². The monoisotopic (exact) mass is 321 g/mol. The molecule has 0 heterocycles. The third-order valence-corrected chi connectivity index (χ3v) is 3.19. The van der Waals surface area contributed by atoms with Crippen molar-refractivity contribution in [1.29, 1.82) is 0 Å². The van der Waals surface area contributed by atoms with Gasteiger partial charge in [0.05, 0.1) is 27.5 Å². The Bertz CT molecular complexity index is 601. The Hall–Kier alpha value is -2.77. The predicted molar refractivity (Wildman–Crippen MR) is 83.0 cm³/mol. The summed E-state index contributed by atoms with van der Waals surface area (Å²) >= 11 is 0. The second-order valence-corrected chi connectivity index (χ2v) is 4.91. The highest BCUT2D eigenvalue weighted by Crippen LogP contribution is 2.37. The Morgan fingerprint density at radius 2 is 1.70 bits per heavy atom. The zero-order valence-corrected chi connectivity index (χ0v) is 13.2. The molecule has 0 aliphatic heterocycles. The second-order valence-electron chi connectivity index (χ2n) is 4.91. The number of nitrogens with one attached hydrogen (secondary N) is 2. The molecule has 0 aromatic heterocycles. The van der Waals surface area contributed by atoms with Gasteiger partial charge < -0.3 is 19.5 Å². The van der Waals surface area contributed by atoms with Crippen LogP contribution < -0.4 is 25.0 Å². The second kappa shape index (κ2) is 7.48. The maximum Gasteiger partial charge on any atom is 0.329 e. The Labute approximate surface area is 133 Å². The zero-order chi connectivity index (χ0) is 16.8. The summed E-state index contributed by atoms with van der Waals surface area (Å²) in [6.07, 6.45) is 3.20. The van der Waals surface area contributed by atoms with Crippen molar-refractivity contribution in [3.05, 3.63) is 17.7 Å². The summed E-state index contributed by atoms with van der Waals surface area (Å²) in [5.41, 5.74) is 2.79. The van der Waals surface area contributed by atoms with Gasteiger partial charge in [0, 0.05) is 11.6 Å². The van der Waals surface area contributed by atoms with Crippen LogP contribution in [0.1, 0.15) is 18.4 Å². The van der Waals surface area contributed by atoms with Gasteiger partial charge in [0.2, 0.25) is 5.75 Å². The smallest absolute Gasteiger partial charge is 0.329 e. The van der Waals surface area contributed by atoms with Crippen LogP contribution in [-0.4, -0.2) is 45.4 Å². The third-order valence-electron chi connectivity index (χ3n) is 3.19. The molecular weight excluding hydrogens is 302 g/mol. The zero-order valence-electron chi connectivity index (χ0n) is 13.2. The molecule has 2 amide bonds. The fourth-order valence-corrected chi connectivity index (χ4v) is 1.87. The number of hydrazone groups is 1. The molecular formula is C15H19N3O5. The first-order chi connectivity index (χ1) is 11.1. The van der Waals surface area contributed by atoms with E-state index in [2.05, 4.69) is 15.8 Å². The van der Waals surface area contributed by atoms with Crippen LogP contribution in [0.4, 0.5) is 0 Å². The van der Waals surface area contributed by atoms with Crippen molar-refractivity contribution < 1.29 is 23.8 Å². The van der Waals surface area contributed by atoms with Crippen molar-refractivity contribution in [3.8, 4) is 17.2 Å². The van der Waals surface area contributed by atoms with E-state index in [1.807, 2.05) is 0 Å². The number of rotatable bonds is 6. The first kappa shape index (κ1) is 16.6. The molecule has 1 saturated carbocycles. The van der Waals surface area contributed by atoms with E-state index >= 15 is 0 Å². The number of amides is 2. The lowest BCUT2D eigenvalue weighted by Gasteiger charge is -2.12. The van der Waals surface area contributed by atoms with E-state index < -0.39 is 11.8 Å². The average molecular weight is 321 g/mol. The van der Waals surface area contributed by atoms with Gasteiger partial charge in [-0.2, -0.15) is 5.10 Å². The Kier molecular flexibility index (Phi) is 5.40. The summed E-state index contributed by atoms with van der Waals surface area (Å²) in [6, 6.07) is 3.45. The van der Waals surface area contributed by atoms with E-state index in [9.17, 15) is 9.59 Å². The molecule has 1 aliphatic rings. The summed E-state index contributed by atoms with van der Waals surface area (Å²) < 4.78 is 15.6. The normalized spacial score (nSPS) is 13.5. The summed E-state index contributed by atoms with van der Waals surface area (Å²) in [5.74, 6) is -0.104. The summed E-state index contributed by atoms with van der Waals surface area (Å²) in [6.45, 7) is 0. The molecule has 8 nitrogen and oxygen atoms in total. The third kappa shape index (κ3) is 4.35. The van der Waals surface area contributed by atoms with Crippen LogP contribution in [-0.2, 0) is 9.59 Å². The molecule has 8 heteroatoms. The lowest BCUT2D eigenvalue weighted by molar-refractivity contribution is -0.139. The maximum atomic E-state index is 11.5. The van der Waals surface area contributed by atoms with Crippen LogP contribution in [0.25, 0.3) is 0 Å². The molecule has 0 radical (unpaired) electrons. The van der Waals surface area contributed by atoms with Crippen LogP contribution in [0.2, 0.25) is 0 Å². The van der Waals surface area contributed by atoms with Gasteiger partial charge in [-0.05, 0) is 25.0 Å². The van der Waals surface area contributed by atoms with E-state index in [-0.39, 0.29) is 6.04 Å². The van der Waals surface area contributed by atoms with E-state index in [4.69, 9.17) is 14.2 Å². The van der Waals surface area contributed by atoms with Crippen LogP contribution in [0.15, 0.2) is 17.2 Å². The van der Waals surface area contributed by atoms with Crippen LogP contribution >= 0.6 is 0 Å². The standard InChI is InChI=1S/C15H19N3O5/c1-21-11-6-9(7-12(22-2)13(11)23-3)8-16-18-15(20)14(19)17-10-4-5-10/h6-8,10H,4-5H2,1-3H3,(H,17,19)(H,18,20)/b16-8-. The maximum absolute atomic E-state index is 11.5. The lowest BCUT2D eigenvalue weighted by Crippen LogP contribution is -2.38. The number of methoxy groups -OCH3 is 3. The number of carbonyl (C=O) groups is 2. The van der Waals surface area contributed by atoms with E-state index in [0.29, 0.717) is 22.8 Å².